The van der Waals surface area contributed by atoms with E-state index in [1.807, 2.05) is 17.0 Å². The van der Waals surface area contributed by atoms with E-state index < -0.39 is 0 Å². The molecule has 96 valence electrons. The summed E-state index contributed by atoms with van der Waals surface area (Å²) in [7, 11) is 0. The lowest BCUT2D eigenvalue weighted by Crippen LogP contribution is -2.33. The summed E-state index contributed by atoms with van der Waals surface area (Å²) < 4.78 is 5.22. The second-order valence-electron chi connectivity index (χ2n) is 4.00. The summed E-state index contributed by atoms with van der Waals surface area (Å²) in [6.07, 6.45) is 5.05. The van der Waals surface area contributed by atoms with Gasteiger partial charge in [0.05, 0.1) is 6.26 Å². The molecule has 0 saturated heterocycles. The van der Waals surface area contributed by atoms with Crippen LogP contribution in [-0.4, -0.2) is 29.2 Å². The maximum absolute atomic E-state index is 12.0. The number of unbranched alkanes of at least 4 members (excludes halogenated alkanes) is 1. The number of aryl methyl sites for hydroxylation is 1. The Balaban J connectivity index is 2.35. The number of hydrogen-bond donors (Lipinski definition) is 0. The first-order valence-corrected chi connectivity index (χ1v) is 7.26. The van der Waals surface area contributed by atoms with Crippen LogP contribution in [0.15, 0.2) is 22.8 Å². The third kappa shape index (κ3) is 5.39. The number of halogens is 1. The van der Waals surface area contributed by atoms with Gasteiger partial charge >= 0.3 is 0 Å². The maximum atomic E-state index is 12.0. The lowest BCUT2D eigenvalue weighted by Gasteiger charge is -2.21. The number of furan rings is 1. The van der Waals surface area contributed by atoms with E-state index in [4.69, 9.17) is 4.42 Å². The van der Waals surface area contributed by atoms with Gasteiger partial charge in [0.1, 0.15) is 5.76 Å². The van der Waals surface area contributed by atoms with E-state index >= 15 is 0 Å². The van der Waals surface area contributed by atoms with Crippen molar-refractivity contribution in [2.24, 2.45) is 0 Å². The van der Waals surface area contributed by atoms with E-state index in [9.17, 15) is 4.79 Å². The predicted molar refractivity (Wildman–Crippen MR) is 72.3 cm³/mol. The number of hydrogen-bond acceptors (Lipinski definition) is 2. The van der Waals surface area contributed by atoms with Gasteiger partial charge in [0.2, 0.25) is 5.91 Å². The van der Waals surface area contributed by atoms with Crippen molar-refractivity contribution in [3.05, 3.63) is 24.2 Å². The highest BCUT2D eigenvalue weighted by Crippen LogP contribution is 2.07. The number of nitrogens with zero attached hydrogens (tertiary/aromatic N) is 1. The average molecular weight is 302 g/mol. The second-order valence-corrected chi connectivity index (χ2v) is 4.80. The van der Waals surface area contributed by atoms with Gasteiger partial charge in [0.25, 0.3) is 0 Å². The summed E-state index contributed by atoms with van der Waals surface area (Å²) in [4.78, 5) is 13.9. The molecule has 0 aliphatic heterocycles. The molecule has 3 nitrogen and oxygen atoms in total. The van der Waals surface area contributed by atoms with E-state index in [0.29, 0.717) is 12.8 Å². The molecule has 0 radical (unpaired) electrons. The van der Waals surface area contributed by atoms with Crippen LogP contribution in [0.2, 0.25) is 0 Å². The normalized spacial score (nSPS) is 10.5. The molecule has 0 saturated carbocycles. The molecule has 0 unspecified atom stereocenters. The van der Waals surface area contributed by atoms with Crippen LogP contribution in [0, 0.1) is 0 Å². The Morgan fingerprint density at radius 2 is 2.29 bits per heavy atom. The first-order valence-electron chi connectivity index (χ1n) is 6.14. The summed E-state index contributed by atoms with van der Waals surface area (Å²) in [5, 5.41) is 0.837. The first-order chi connectivity index (χ1) is 8.27. The Morgan fingerprint density at radius 1 is 1.47 bits per heavy atom. The Labute approximate surface area is 111 Å². The molecule has 0 N–H and O–H groups in total. The highest BCUT2D eigenvalue weighted by molar-refractivity contribution is 9.09. The van der Waals surface area contributed by atoms with E-state index in [0.717, 1.165) is 37.0 Å². The smallest absolute Gasteiger partial charge is 0.223 e. The molecule has 1 amide bonds. The Kier molecular flexibility index (Phi) is 7.01. The van der Waals surface area contributed by atoms with Gasteiger partial charge in [0.15, 0.2) is 0 Å². The fourth-order valence-electron chi connectivity index (χ4n) is 1.66. The van der Waals surface area contributed by atoms with Crippen LogP contribution in [-0.2, 0) is 11.2 Å². The van der Waals surface area contributed by atoms with E-state index in [-0.39, 0.29) is 5.91 Å². The van der Waals surface area contributed by atoms with Crippen LogP contribution in [0.4, 0.5) is 0 Å². The molecule has 4 heteroatoms. The summed E-state index contributed by atoms with van der Waals surface area (Å²) in [5.41, 5.74) is 0. The molecule has 0 atom stereocenters. The molecule has 0 bridgehead atoms. The molecule has 1 heterocycles. The van der Waals surface area contributed by atoms with Crippen molar-refractivity contribution < 1.29 is 9.21 Å². The van der Waals surface area contributed by atoms with Crippen molar-refractivity contribution in [1.82, 2.24) is 4.90 Å². The fourth-order valence-corrected chi connectivity index (χ4v) is 2.08. The average Bonchev–Trinajstić information content (AvgIpc) is 2.84. The highest BCUT2D eigenvalue weighted by atomic mass is 79.9. The van der Waals surface area contributed by atoms with Crippen LogP contribution in [0.1, 0.15) is 31.9 Å². The van der Waals surface area contributed by atoms with Gasteiger partial charge in [-0.05, 0) is 18.6 Å². The van der Waals surface area contributed by atoms with Crippen molar-refractivity contribution in [2.75, 3.05) is 18.4 Å². The second kappa shape index (κ2) is 8.34. The molecule has 0 aliphatic rings. The van der Waals surface area contributed by atoms with Crippen molar-refractivity contribution >= 4 is 21.8 Å². The van der Waals surface area contributed by atoms with Crippen LogP contribution in [0.5, 0.6) is 0 Å². The maximum Gasteiger partial charge on any atom is 0.223 e. The number of amides is 1. The zero-order valence-electron chi connectivity index (χ0n) is 10.3. The molecule has 1 aromatic heterocycles. The Morgan fingerprint density at radius 3 is 2.88 bits per heavy atom. The summed E-state index contributed by atoms with van der Waals surface area (Å²) in [6.45, 7) is 3.79. The van der Waals surface area contributed by atoms with Gasteiger partial charge in [-0.25, -0.2) is 0 Å². The minimum absolute atomic E-state index is 0.217. The molecule has 1 aromatic rings. The Hall–Kier alpha value is -0.770. The summed E-state index contributed by atoms with van der Waals surface area (Å²) in [6, 6.07) is 3.77. The van der Waals surface area contributed by atoms with Gasteiger partial charge in [-0.15, -0.1) is 0 Å². The number of carbonyl (C=O) groups excluding carboxylic acids is 1. The third-order valence-corrected chi connectivity index (χ3v) is 3.01. The van der Waals surface area contributed by atoms with Crippen molar-refractivity contribution in [3.8, 4) is 0 Å². The van der Waals surface area contributed by atoms with Crippen LogP contribution >= 0.6 is 15.9 Å². The van der Waals surface area contributed by atoms with Gasteiger partial charge in [0, 0.05) is 31.3 Å². The van der Waals surface area contributed by atoms with Crippen LogP contribution < -0.4 is 0 Å². The van der Waals surface area contributed by atoms with Crippen LogP contribution in [0.3, 0.4) is 0 Å². The SMILES string of the molecule is CCCCN(CCBr)C(=O)CCc1ccco1. The number of carbonyl (C=O) groups is 1. The quantitative estimate of drug-likeness (QED) is 0.691. The predicted octanol–water partition coefficient (Wildman–Crippen LogP) is 3.24. The lowest BCUT2D eigenvalue weighted by atomic mass is 10.2. The minimum atomic E-state index is 0.217. The topological polar surface area (TPSA) is 33.5 Å². The van der Waals surface area contributed by atoms with Crippen molar-refractivity contribution in [1.29, 1.82) is 0 Å². The first kappa shape index (κ1) is 14.3. The van der Waals surface area contributed by atoms with E-state index in [1.54, 1.807) is 6.26 Å². The zero-order chi connectivity index (χ0) is 12.5. The molecule has 0 aliphatic carbocycles. The molecular formula is C13H20BrNO2. The van der Waals surface area contributed by atoms with Crippen LogP contribution in [0.25, 0.3) is 0 Å². The molecule has 0 spiro atoms. The molecule has 17 heavy (non-hydrogen) atoms. The zero-order valence-corrected chi connectivity index (χ0v) is 11.9. The lowest BCUT2D eigenvalue weighted by molar-refractivity contribution is -0.131. The van der Waals surface area contributed by atoms with Gasteiger partial charge in [-0.1, -0.05) is 29.3 Å². The number of rotatable bonds is 8. The van der Waals surface area contributed by atoms with E-state index in [1.165, 1.54) is 0 Å². The van der Waals surface area contributed by atoms with Crippen molar-refractivity contribution in [3.63, 3.8) is 0 Å². The van der Waals surface area contributed by atoms with Gasteiger partial charge in [-0.2, -0.15) is 0 Å². The highest BCUT2D eigenvalue weighted by Gasteiger charge is 2.12. The standard InChI is InChI=1S/C13H20BrNO2/c1-2-3-9-15(10-8-14)13(16)7-6-12-5-4-11-17-12/h4-5,11H,2-3,6-10H2,1H3. The van der Waals surface area contributed by atoms with Crippen molar-refractivity contribution in [2.45, 2.75) is 32.6 Å². The van der Waals surface area contributed by atoms with Gasteiger partial charge < -0.3 is 9.32 Å². The number of alkyl halides is 1. The molecule has 0 aromatic carbocycles. The Bertz CT molecular complexity index is 311. The molecular weight excluding hydrogens is 282 g/mol. The van der Waals surface area contributed by atoms with E-state index in [2.05, 4.69) is 22.9 Å². The third-order valence-electron chi connectivity index (χ3n) is 2.65. The summed E-state index contributed by atoms with van der Waals surface area (Å²) in [5.74, 6) is 1.10. The monoisotopic (exact) mass is 301 g/mol. The summed E-state index contributed by atoms with van der Waals surface area (Å²) >= 11 is 3.39. The molecule has 0 fully saturated rings. The molecule has 1 rings (SSSR count). The minimum Gasteiger partial charge on any atom is -0.469 e. The van der Waals surface area contributed by atoms with Gasteiger partial charge in [-0.3, -0.25) is 4.79 Å². The fraction of sp³-hybridized carbons (Fsp3) is 0.615. The largest absolute Gasteiger partial charge is 0.469 e.